The van der Waals surface area contributed by atoms with Gasteiger partial charge in [-0.1, -0.05) is 129 Å². The van der Waals surface area contributed by atoms with Gasteiger partial charge in [0.2, 0.25) is 0 Å². The van der Waals surface area contributed by atoms with Crippen molar-refractivity contribution in [1.82, 2.24) is 0 Å². The minimum absolute atomic E-state index is 0.573. The van der Waals surface area contributed by atoms with Gasteiger partial charge < -0.3 is 0 Å². The van der Waals surface area contributed by atoms with E-state index in [1.807, 2.05) is 41.5 Å². The molecule has 1 aromatic carbocycles. The third-order valence-electron chi connectivity index (χ3n) is 7.85. The van der Waals surface area contributed by atoms with Crippen molar-refractivity contribution in [3.05, 3.63) is 75.4 Å². The molecule has 0 radical (unpaired) electrons. The lowest BCUT2D eigenvalue weighted by molar-refractivity contribution is 0.274. The Morgan fingerprint density at radius 2 is 1.60 bits per heavy atom. The molecule has 3 aliphatic rings. The Hall–Kier alpha value is -1.57. The maximum atomic E-state index is 5.03. The molecule has 4 rings (SSSR count). The number of hydrogen-bond donors (Lipinski definition) is 0. The summed E-state index contributed by atoms with van der Waals surface area (Å²) in [5.41, 5.74) is 12.4. The molecule has 228 valence electrons. The second kappa shape index (κ2) is 21.2. The van der Waals surface area contributed by atoms with Crippen LogP contribution >= 0.6 is 11.9 Å². The average Bonchev–Trinajstić information content (AvgIpc) is 2.94. The predicted molar refractivity (Wildman–Crippen MR) is 183 cm³/mol. The maximum absolute atomic E-state index is 5.03. The Morgan fingerprint density at radius 3 is 2.08 bits per heavy atom. The molecule has 3 aliphatic carbocycles. The van der Waals surface area contributed by atoms with Crippen LogP contribution in [0.1, 0.15) is 143 Å². The van der Waals surface area contributed by atoms with E-state index >= 15 is 0 Å². The van der Waals surface area contributed by atoms with Crippen molar-refractivity contribution in [3.63, 3.8) is 0 Å². The standard InChI is InChI=1S/C26H32.C6H13ClO.3C2H6/c1-6-20-11-12-22(20)26-23(21-9-7-16(2)8-10-21)15-19(5)25-18(4)13-17(3)14-24(25)26;1-3-4-6(2)5-8-7;3*1-2/h7-9,12-14,19-21H,6,10-11,15H2,1-5H3;6H,3-5H2,1-2H3;3*1-2H3. The molecule has 0 fully saturated rings. The highest BCUT2D eigenvalue weighted by atomic mass is 35.5. The Balaban J connectivity index is 0.000000924. The van der Waals surface area contributed by atoms with Crippen LogP contribution < -0.4 is 0 Å². The van der Waals surface area contributed by atoms with Crippen molar-refractivity contribution < 1.29 is 4.29 Å². The van der Waals surface area contributed by atoms with Crippen LogP contribution in [0, 0.1) is 31.6 Å². The van der Waals surface area contributed by atoms with Crippen molar-refractivity contribution in [2.45, 2.75) is 134 Å². The van der Waals surface area contributed by atoms with Gasteiger partial charge in [0.1, 0.15) is 0 Å². The lowest BCUT2D eigenvalue weighted by Crippen LogP contribution is -2.22. The third-order valence-corrected chi connectivity index (χ3v) is 7.97. The minimum atomic E-state index is 0.573. The van der Waals surface area contributed by atoms with Crippen LogP contribution in [0.3, 0.4) is 0 Å². The third kappa shape index (κ3) is 10.7. The Bertz CT molecular complexity index is 971. The summed E-state index contributed by atoms with van der Waals surface area (Å²) in [7, 11) is 0. The molecule has 0 saturated heterocycles. The molecule has 4 atom stereocenters. The molecule has 2 heteroatoms. The van der Waals surface area contributed by atoms with E-state index in [1.165, 1.54) is 48.8 Å². The summed E-state index contributed by atoms with van der Waals surface area (Å²) < 4.78 is 4.43. The molecule has 4 unspecified atom stereocenters. The fourth-order valence-electron chi connectivity index (χ4n) is 5.99. The molecule has 40 heavy (non-hydrogen) atoms. The normalized spacial score (nSPS) is 21.2. The minimum Gasteiger partial charge on any atom is -0.279 e. The highest BCUT2D eigenvalue weighted by molar-refractivity contribution is 6.07. The van der Waals surface area contributed by atoms with Gasteiger partial charge in [-0.2, -0.15) is 0 Å². The van der Waals surface area contributed by atoms with Gasteiger partial charge in [-0.05, 0) is 98.5 Å². The van der Waals surface area contributed by atoms with Crippen LogP contribution in [0.4, 0.5) is 0 Å². The van der Waals surface area contributed by atoms with E-state index in [0.29, 0.717) is 24.4 Å². The molecule has 0 amide bonds. The van der Waals surface area contributed by atoms with E-state index in [1.54, 1.807) is 27.8 Å². The van der Waals surface area contributed by atoms with Gasteiger partial charge in [0.05, 0.1) is 18.5 Å². The Labute approximate surface area is 255 Å². The van der Waals surface area contributed by atoms with Gasteiger partial charge in [-0.3, -0.25) is 4.29 Å². The van der Waals surface area contributed by atoms with Crippen molar-refractivity contribution in [3.8, 4) is 0 Å². The van der Waals surface area contributed by atoms with Crippen LogP contribution in [-0.2, 0) is 4.29 Å². The molecule has 1 nitrogen and oxygen atoms in total. The number of halogens is 1. The fourth-order valence-corrected chi connectivity index (χ4v) is 6.20. The number of aryl methyl sites for hydroxylation is 2. The second-order valence-electron chi connectivity index (χ2n) is 10.9. The molecular formula is C38H63ClO. The molecular weight excluding hydrogens is 508 g/mol. The van der Waals surface area contributed by atoms with Crippen LogP contribution in [0.2, 0.25) is 0 Å². The Morgan fingerprint density at radius 1 is 0.950 bits per heavy atom. The summed E-state index contributed by atoms with van der Waals surface area (Å²) in [4.78, 5) is 0. The summed E-state index contributed by atoms with van der Waals surface area (Å²) in [5, 5.41) is 0. The zero-order valence-electron chi connectivity index (χ0n) is 28.5. The summed E-state index contributed by atoms with van der Waals surface area (Å²) in [6.45, 7) is 28.5. The zero-order valence-corrected chi connectivity index (χ0v) is 29.3. The molecule has 0 aliphatic heterocycles. The summed E-state index contributed by atoms with van der Waals surface area (Å²) >= 11 is 5.03. The fraction of sp³-hybridized carbons (Fsp3) is 0.632. The van der Waals surface area contributed by atoms with Crippen LogP contribution in [0.25, 0.3) is 5.57 Å². The number of fused-ring (bicyclic) bond motifs is 1. The first-order valence-corrected chi connectivity index (χ1v) is 16.7. The molecule has 0 saturated carbocycles. The van der Waals surface area contributed by atoms with Crippen molar-refractivity contribution in [2.24, 2.45) is 17.8 Å². The topological polar surface area (TPSA) is 9.23 Å². The van der Waals surface area contributed by atoms with Crippen molar-refractivity contribution >= 4 is 17.4 Å². The SMILES string of the molecule is CC.CC.CC.CCC1CC=C1C1=C(C2C=CC(C)=CC2)CC(C)c2c(C)cc(C)cc21.CCCC(C)COCl. The molecule has 0 heterocycles. The van der Waals surface area contributed by atoms with E-state index in [-0.39, 0.29) is 0 Å². The summed E-state index contributed by atoms with van der Waals surface area (Å²) in [5.74, 6) is 2.55. The van der Waals surface area contributed by atoms with E-state index in [4.69, 9.17) is 11.9 Å². The first-order chi connectivity index (χ1) is 19.3. The summed E-state index contributed by atoms with van der Waals surface area (Å²) in [6.07, 6.45) is 17.0. The monoisotopic (exact) mass is 570 g/mol. The van der Waals surface area contributed by atoms with Gasteiger partial charge in [-0.15, -0.1) is 0 Å². The molecule has 1 aromatic rings. The summed E-state index contributed by atoms with van der Waals surface area (Å²) in [6, 6.07) is 4.84. The van der Waals surface area contributed by atoms with Gasteiger partial charge in [-0.25, -0.2) is 0 Å². The first kappa shape index (κ1) is 38.4. The number of benzene rings is 1. The van der Waals surface area contributed by atoms with Gasteiger partial charge >= 0.3 is 0 Å². The van der Waals surface area contributed by atoms with Gasteiger partial charge in [0.15, 0.2) is 0 Å². The zero-order chi connectivity index (χ0) is 30.8. The Kier molecular flexibility index (Phi) is 20.3. The first-order valence-electron chi connectivity index (χ1n) is 16.4. The van der Waals surface area contributed by atoms with Gasteiger partial charge in [0, 0.05) is 5.92 Å². The highest BCUT2D eigenvalue weighted by Crippen LogP contribution is 2.51. The molecule has 0 N–H and O–H groups in total. The molecule has 0 bridgehead atoms. The van der Waals surface area contributed by atoms with E-state index in [0.717, 1.165) is 12.3 Å². The van der Waals surface area contributed by atoms with Crippen molar-refractivity contribution in [1.29, 1.82) is 0 Å². The van der Waals surface area contributed by atoms with E-state index in [2.05, 4.69) is 89.2 Å². The lowest BCUT2D eigenvalue weighted by Gasteiger charge is -2.38. The van der Waals surface area contributed by atoms with E-state index < -0.39 is 0 Å². The molecule has 0 spiro atoms. The largest absolute Gasteiger partial charge is 0.279 e. The van der Waals surface area contributed by atoms with Crippen molar-refractivity contribution in [2.75, 3.05) is 6.61 Å². The van der Waals surface area contributed by atoms with Gasteiger partial charge in [0.25, 0.3) is 0 Å². The number of allylic oxidation sites excluding steroid dienone is 8. The van der Waals surface area contributed by atoms with Crippen LogP contribution in [-0.4, -0.2) is 6.61 Å². The number of hydrogen-bond acceptors (Lipinski definition) is 1. The average molecular weight is 571 g/mol. The maximum Gasteiger partial charge on any atom is 0.0708 e. The highest BCUT2D eigenvalue weighted by Gasteiger charge is 2.34. The lowest BCUT2D eigenvalue weighted by atomic mass is 9.66. The number of rotatable bonds is 7. The predicted octanol–water partition coefficient (Wildman–Crippen LogP) is 13.1. The smallest absolute Gasteiger partial charge is 0.0708 e. The second-order valence-corrected chi connectivity index (χ2v) is 11.1. The van der Waals surface area contributed by atoms with Crippen LogP contribution in [0.5, 0.6) is 0 Å². The van der Waals surface area contributed by atoms with E-state index in [9.17, 15) is 0 Å². The quantitative estimate of drug-likeness (QED) is 0.316. The van der Waals surface area contributed by atoms with Crippen LogP contribution in [0.15, 0.2) is 53.2 Å². The molecule has 0 aromatic heterocycles.